The van der Waals surface area contributed by atoms with Gasteiger partial charge >= 0.3 is 0 Å². The highest BCUT2D eigenvalue weighted by molar-refractivity contribution is 5.91. The van der Waals surface area contributed by atoms with E-state index >= 15 is 0 Å². The van der Waals surface area contributed by atoms with Crippen LogP contribution in [0.3, 0.4) is 0 Å². The molecule has 1 atom stereocenters. The number of benzene rings is 1. The van der Waals surface area contributed by atoms with E-state index in [1.807, 2.05) is 24.3 Å². The van der Waals surface area contributed by atoms with Gasteiger partial charge in [0.25, 0.3) is 0 Å². The lowest BCUT2D eigenvalue weighted by Gasteiger charge is -2.08. The van der Waals surface area contributed by atoms with Crippen LogP contribution in [0.2, 0.25) is 0 Å². The molecule has 0 saturated carbocycles. The SMILES string of the molecule is CC(N)CC(=O)Nc1cccc(-c2ncn[nH]2)c1.Cl. The second-order valence-corrected chi connectivity index (χ2v) is 4.14. The van der Waals surface area contributed by atoms with Crippen molar-refractivity contribution in [3.8, 4) is 11.4 Å². The van der Waals surface area contributed by atoms with Gasteiger partial charge in [0.2, 0.25) is 5.91 Å². The fourth-order valence-corrected chi connectivity index (χ4v) is 1.59. The molecule has 0 aliphatic rings. The van der Waals surface area contributed by atoms with Crippen molar-refractivity contribution in [2.45, 2.75) is 19.4 Å². The molecule has 1 amide bonds. The van der Waals surface area contributed by atoms with Gasteiger partial charge in [-0.1, -0.05) is 12.1 Å². The van der Waals surface area contributed by atoms with Crippen molar-refractivity contribution in [1.29, 1.82) is 0 Å². The lowest BCUT2D eigenvalue weighted by atomic mass is 10.2. The molecule has 0 saturated heterocycles. The summed E-state index contributed by atoms with van der Waals surface area (Å²) in [6.45, 7) is 1.80. The zero-order valence-electron chi connectivity index (χ0n) is 10.5. The van der Waals surface area contributed by atoms with Gasteiger partial charge in [-0.2, -0.15) is 5.10 Å². The summed E-state index contributed by atoms with van der Waals surface area (Å²) >= 11 is 0. The molecule has 1 aromatic carbocycles. The molecule has 0 bridgehead atoms. The molecule has 6 nitrogen and oxygen atoms in total. The molecule has 1 unspecified atom stereocenters. The van der Waals surface area contributed by atoms with Crippen LogP contribution >= 0.6 is 12.4 Å². The molecule has 1 heterocycles. The minimum atomic E-state index is -0.151. The molecule has 2 aromatic rings. The fraction of sp³-hybridized carbons (Fsp3) is 0.250. The van der Waals surface area contributed by atoms with E-state index in [-0.39, 0.29) is 24.4 Å². The summed E-state index contributed by atoms with van der Waals surface area (Å²) in [5.74, 6) is 0.568. The van der Waals surface area contributed by atoms with E-state index in [9.17, 15) is 4.79 Å². The molecule has 0 fully saturated rings. The summed E-state index contributed by atoms with van der Waals surface area (Å²) < 4.78 is 0. The molecule has 0 radical (unpaired) electrons. The number of nitrogens with two attached hydrogens (primary N) is 1. The van der Waals surface area contributed by atoms with Gasteiger partial charge in [0, 0.05) is 23.7 Å². The van der Waals surface area contributed by atoms with Crippen molar-refractivity contribution in [2.75, 3.05) is 5.32 Å². The predicted molar refractivity (Wildman–Crippen MR) is 76.0 cm³/mol. The smallest absolute Gasteiger partial charge is 0.225 e. The van der Waals surface area contributed by atoms with Gasteiger partial charge in [0.15, 0.2) is 5.82 Å². The van der Waals surface area contributed by atoms with E-state index in [1.54, 1.807) is 6.92 Å². The maximum absolute atomic E-state index is 11.6. The Morgan fingerprint density at radius 3 is 2.95 bits per heavy atom. The third-order valence-electron chi connectivity index (χ3n) is 2.34. The minimum Gasteiger partial charge on any atom is -0.327 e. The summed E-state index contributed by atoms with van der Waals surface area (Å²) in [7, 11) is 0. The summed E-state index contributed by atoms with van der Waals surface area (Å²) in [4.78, 5) is 15.6. The molecule has 7 heteroatoms. The number of hydrogen-bond donors (Lipinski definition) is 3. The molecule has 1 aromatic heterocycles. The van der Waals surface area contributed by atoms with Crippen molar-refractivity contribution in [3.63, 3.8) is 0 Å². The van der Waals surface area contributed by atoms with Crippen molar-refractivity contribution in [1.82, 2.24) is 15.2 Å². The fourth-order valence-electron chi connectivity index (χ4n) is 1.59. The van der Waals surface area contributed by atoms with E-state index < -0.39 is 0 Å². The summed E-state index contributed by atoms with van der Waals surface area (Å²) in [6.07, 6.45) is 1.74. The Kier molecular flexibility index (Phi) is 5.47. The molecule has 0 spiro atoms. The molecule has 102 valence electrons. The van der Waals surface area contributed by atoms with Crippen molar-refractivity contribution in [2.24, 2.45) is 5.73 Å². The van der Waals surface area contributed by atoms with E-state index in [0.29, 0.717) is 12.2 Å². The first-order valence-corrected chi connectivity index (χ1v) is 5.66. The Morgan fingerprint density at radius 2 is 2.32 bits per heavy atom. The molecular weight excluding hydrogens is 266 g/mol. The second kappa shape index (κ2) is 6.86. The zero-order chi connectivity index (χ0) is 13.0. The van der Waals surface area contributed by atoms with Crippen LogP contribution in [0.15, 0.2) is 30.6 Å². The predicted octanol–water partition coefficient (Wildman–Crippen LogP) is 1.57. The first-order chi connectivity index (χ1) is 8.65. The lowest BCUT2D eigenvalue weighted by Crippen LogP contribution is -2.23. The van der Waals surface area contributed by atoms with Crippen LogP contribution in [0, 0.1) is 0 Å². The van der Waals surface area contributed by atoms with Gasteiger partial charge in [0.1, 0.15) is 6.33 Å². The maximum atomic E-state index is 11.6. The highest BCUT2D eigenvalue weighted by Crippen LogP contribution is 2.18. The van der Waals surface area contributed by atoms with Crippen molar-refractivity contribution >= 4 is 24.0 Å². The highest BCUT2D eigenvalue weighted by Gasteiger charge is 2.07. The number of carbonyl (C=O) groups is 1. The minimum absolute atomic E-state index is 0. The van der Waals surface area contributed by atoms with Gasteiger partial charge in [0.05, 0.1) is 0 Å². The van der Waals surface area contributed by atoms with E-state index in [0.717, 1.165) is 11.3 Å². The van der Waals surface area contributed by atoms with Gasteiger partial charge in [-0.3, -0.25) is 9.89 Å². The maximum Gasteiger partial charge on any atom is 0.225 e. The number of anilines is 1. The van der Waals surface area contributed by atoms with Gasteiger partial charge < -0.3 is 11.1 Å². The molecule has 19 heavy (non-hydrogen) atoms. The average Bonchev–Trinajstić information content (AvgIpc) is 2.81. The topological polar surface area (TPSA) is 96.7 Å². The van der Waals surface area contributed by atoms with Crippen LogP contribution in [-0.2, 0) is 4.79 Å². The Balaban J connectivity index is 0.00000180. The lowest BCUT2D eigenvalue weighted by molar-refractivity contribution is -0.116. The van der Waals surface area contributed by atoms with E-state index in [2.05, 4.69) is 20.5 Å². The number of hydrogen-bond acceptors (Lipinski definition) is 4. The van der Waals surface area contributed by atoms with E-state index in [1.165, 1.54) is 6.33 Å². The summed E-state index contributed by atoms with van der Waals surface area (Å²) in [6, 6.07) is 7.24. The van der Waals surface area contributed by atoms with Crippen molar-refractivity contribution in [3.05, 3.63) is 30.6 Å². The first-order valence-electron chi connectivity index (χ1n) is 5.66. The Morgan fingerprint density at radius 1 is 1.53 bits per heavy atom. The number of nitrogens with one attached hydrogen (secondary N) is 2. The van der Waals surface area contributed by atoms with Crippen molar-refractivity contribution < 1.29 is 4.79 Å². The zero-order valence-corrected chi connectivity index (χ0v) is 11.3. The van der Waals surface area contributed by atoms with Gasteiger partial charge in [-0.25, -0.2) is 4.98 Å². The first kappa shape index (κ1) is 15.1. The quantitative estimate of drug-likeness (QED) is 0.792. The summed E-state index contributed by atoms with van der Waals surface area (Å²) in [5.41, 5.74) is 7.15. The largest absolute Gasteiger partial charge is 0.327 e. The monoisotopic (exact) mass is 281 g/mol. The Labute approximate surface area is 117 Å². The number of rotatable bonds is 4. The summed E-state index contributed by atoms with van der Waals surface area (Å²) in [5, 5.41) is 9.36. The van der Waals surface area contributed by atoms with Gasteiger partial charge in [-0.15, -0.1) is 12.4 Å². The second-order valence-electron chi connectivity index (χ2n) is 4.14. The van der Waals surface area contributed by atoms with Crippen LogP contribution < -0.4 is 11.1 Å². The van der Waals surface area contributed by atoms with Crippen LogP contribution in [0.5, 0.6) is 0 Å². The Hall–Kier alpha value is -1.92. The number of halogens is 1. The molecule has 2 rings (SSSR count). The number of H-pyrrole nitrogens is 1. The number of aromatic amines is 1. The molecular formula is C12H16ClN5O. The third-order valence-corrected chi connectivity index (χ3v) is 2.34. The van der Waals surface area contributed by atoms with Crippen LogP contribution in [0.4, 0.5) is 5.69 Å². The molecule has 0 aliphatic carbocycles. The van der Waals surface area contributed by atoms with Crippen LogP contribution in [-0.4, -0.2) is 27.1 Å². The third kappa shape index (κ3) is 4.35. The van der Waals surface area contributed by atoms with Crippen LogP contribution in [0.25, 0.3) is 11.4 Å². The average molecular weight is 282 g/mol. The molecule has 4 N–H and O–H groups in total. The molecule has 0 aliphatic heterocycles. The number of aromatic nitrogens is 3. The number of carbonyl (C=O) groups excluding carboxylic acids is 1. The van der Waals surface area contributed by atoms with Gasteiger partial charge in [-0.05, 0) is 19.1 Å². The Bertz CT molecular complexity index is 527. The number of amides is 1. The van der Waals surface area contributed by atoms with Crippen LogP contribution in [0.1, 0.15) is 13.3 Å². The highest BCUT2D eigenvalue weighted by atomic mass is 35.5. The normalized spacial score (nSPS) is 11.5. The standard InChI is InChI=1S/C12H15N5O.ClH/c1-8(13)5-11(18)16-10-4-2-3-9(6-10)12-14-7-15-17-12;/h2-4,6-8H,5,13H2,1H3,(H,16,18)(H,14,15,17);1H. The number of nitrogens with zero attached hydrogens (tertiary/aromatic N) is 2. The van der Waals surface area contributed by atoms with E-state index in [4.69, 9.17) is 5.73 Å².